The lowest BCUT2D eigenvalue weighted by Gasteiger charge is -2.28. The molecular weight excluding hydrogens is 326 g/mol. The number of nitrogens with zero attached hydrogens (tertiary/aromatic N) is 3. The fourth-order valence-corrected chi connectivity index (χ4v) is 5.49. The highest BCUT2D eigenvalue weighted by molar-refractivity contribution is 7.19. The molecule has 2 aromatic heterocycles. The molecule has 0 atom stereocenters. The molecule has 2 aliphatic rings. The zero-order chi connectivity index (χ0) is 16.6. The van der Waals surface area contributed by atoms with E-state index in [2.05, 4.69) is 35.2 Å². The molecule has 3 heterocycles. The Labute approximate surface area is 152 Å². The van der Waals surface area contributed by atoms with Gasteiger partial charge in [0.1, 0.15) is 16.5 Å². The van der Waals surface area contributed by atoms with Crippen molar-refractivity contribution in [3.05, 3.63) is 52.2 Å². The lowest BCUT2D eigenvalue weighted by Crippen LogP contribution is -2.30. The molecule has 1 fully saturated rings. The maximum absolute atomic E-state index is 5.09. The van der Waals surface area contributed by atoms with Crippen LogP contribution in [0.4, 0.5) is 5.82 Å². The molecule has 0 spiro atoms. The number of hydrogen-bond acceptors (Lipinski definition) is 4. The molecule has 0 saturated carbocycles. The molecule has 0 N–H and O–H groups in total. The molecule has 3 aromatic rings. The molecule has 3 nitrogen and oxygen atoms in total. The second-order valence-electron chi connectivity index (χ2n) is 7.21. The number of rotatable bonds is 3. The lowest BCUT2D eigenvalue weighted by atomic mass is 10.1. The van der Waals surface area contributed by atoms with E-state index in [4.69, 9.17) is 9.97 Å². The topological polar surface area (TPSA) is 29.0 Å². The molecule has 0 amide bonds. The number of benzene rings is 1. The van der Waals surface area contributed by atoms with Crippen LogP contribution < -0.4 is 4.90 Å². The van der Waals surface area contributed by atoms with Crippen molar-refractivity contribution < 1.29 is 0 Å². The summed E-state index contributed by atoms with van der Waals surface area (Å²) >= 11 is 1.91. The number of piperidine rings is 1. The van der Waals surface area contributed by atoms with Gasteiger partial charge in [0, 0.05) is 24.4 Å². The van der Waals surface area contributed by atoms with Gasteiger partial charge in [-0.25, -0.2) is 9.97 Å². The predicted molar refractivity (Wildman–Crippen MR) is 105 cm³/mol. The second-order valence-corrected chi connectivity index (χ2v) is 8.29. The van der Waals surface area contributed by atoms with Crippen LogP contribution in [0, 0.1) is 0 Å². The zero-order valence-corrected chi connectivity index (χ0v) is 15.3. The molecule has 25 heavy (non-hydrogen) atoms. The summed E-state index contributed by atoms with van der Waals surface area (Å²) in [5.41, 5.74) is 2.84. The first-order valence-corrected chi connectivity index (χ1v) is 10.3. The molecule has 1 aliphatic carbocycles. The van der Waals surface area contributed by atoms with Gasteiger partial charge in [-0.2, -0.15) is 0 Å². The molecule has 0 unspecified atom stereocenters. The van der Waals surface area contributed by atoms with E-state index < -0.39 is 0 Å². The number of aryl methyl sites for hydroxylation is 2. The Morgan fingerprint density at radius 3 is 2.60 bits per heavy atom. The maximum Gasteiger partial charge on any atom is 0.141 e. The van der Waals surface area contributed by atoms with Gasteiger partial charge in [-0.3, -0.25) is 0 Å². The fourth-order valence-electron chi connectivity index (χ4n) is 4.21. The predicted octanol–water partition coefficient (Wildman–Crippen LogP) is 4.76. The van der Waals surface area contributed by atoms with Crippen molar-refractivity contribution in [2.45, 2.75) is 44.9 Å². The first-order chi connectivity index (χ1) is 12.4. The molecule has 1 aliphatic heterocycles. The molecule has 1 saturated heterocycles. The van der Waals surface area contributed by atoms with E-state index in [0.717, 1.165) is 25.3 Å². The summed E-state index contributed by atoms with van der Waals surface area (Å²) in [6.07, 6.45) is 8.46. The fraction of sp³-hybridized carbons (Fsp3) is 0.429. The highest BCUT2D eigenvalue weighted by Crippen LogP contribution is 2.41. The molecule has 0 bridgehead atoms. The SMILES string of the molecule is c1ccc(Cc2nc(N3CCCCC3)c3c4c(sc3n2)CCC4)cc1. The third kappa shape index (κ3) is 2.82. The van der Waals surface area contributed by atoms with Crippen molar-refractivity contribution in [3.63, 3.8) is 0 Å². The van der Waals surface area contributed by atoms with Gasteiger partial charge >= 0.3 is 0 Å². The normalized spacial score (nSPS) is 17.2. The number of thiophene rings is 1. The van der Waals surface area contributed by atoms with Crippen LogP contribution in [-0.2, 0) is 19.3 Å². The van der Waals surface area contributed by atoms with Crippen molar-refractivity contribution in [3.8, 4) is 0 Å². The van der Waals surface area contributed by atoms with Crippen LogP contribution in [0.15, 0.2) is 30.3 Å². The maximum atomic E-state index is 5.09. The van der Waals surface area contributed by atoms with Gasteiger partial charge in [0.25, 0.3) is 0 Å². The third-order valence-electron chi connectivity index (χ3n) is 5.45. The van der Waals surface area contributed by atoms with Crippen LogP contribution in [0.5, 0.6) is 0 Å². The molecule has 0 radical (unpaired) electrons. The Kier molecular flexibility index (Phi) is 3.93. The van der Waals surface area contributed by atoms with E-state index in [1.807, 2.05) is 11.3 Å². The molecule has 5 rings (SSSR count). The van der Waals surface area contributed by atoms with E-state index in [1.54, 1.807) is 10.4 Å². The Bertz CT molecular complexity index is 894. The summed E-state index contributed by atoms with van der Waals surface area (Å²) < 4.78 is 0. The summed E-state index contributed by atoms with van der Waals surface area (Å²) in [6.45, 7) is 2.28. The quantitative estimate of drug-likeness (QED) is 0.682. The average Bonchev–Trinajstić information content (AvgIpc) is 3.23. The van der Waals surface area contributed by atoms with Gasteiger partial charge < -0.3 is 4.90 Å². The number of fused-ring (bicyclic) bond motifs is 3. The van der Waals surface area contributed by atoms with Crippen molar-refractivity contribution in [1.29, 1.82) is 0 Å². The minimum Gasteiger partial charge on any atom is -0.356 e. The van der Waals surface area contributed by atoms with Crippen LogP contribution in [0.2, 0.25) is 0 Å². The van der Waals surface area contributed by atoms with Crippen molar-refractivity contribution in [2.24, 2.45) is 0 Å². The number of anilines is 1. The molecule has 1 aromatic carbocycles. The van der Waals surface area contributed by atoms with Gasteiger partial charge in [0.05, 0.1) is 5.39 Å². The van der Waals surface area contributed by atoms with Crippen LogP contribution in [-0.4, -0.2) is 23.1 Å². The highest BCUT2D eigenvalue weighted by Gasteiger charge is 2.25. The Balaban J connectivity index is 1.62. The number of hydrogen-bond donors (Lipinski definition) is 0. The highest BCUT2D eigenvalue weighted by atomic mass is 32.1. The van der Waals surface area contributed by atoms with Gasteiger partial charge in [0.15, 0.2) is 0 Å². The van der Waals surface area contributed by atoms with E-state index in [1.165, 1.54) is 60.1 Å². The summed E-state index contributed by atoms with van der Waals surface area (Å²) in [4.78, 5) is 15.4. The average molecular weight is 350 g/mol. The molecule has 4 heteroatoms. The minimum absolute atomic E-state index is 0.820. The van der Waals surface area contributed by atoms with Crippen LogP contribution >= 0.6 is 11.3 Å². The smallest absolute Gasteiger partial charge is 0.141 e. The monoisotopic (exact) mass is 349 g/mol. The van der Waals surface area contributed by atoms with Gasteiger partial charge in [0.2, 0.25) is 0 Å². The Morgan fingerprint density at radius 2 is 1.76 bits per heavy atom. The molecular formula is C21H23N3S. The van der Waals surface area contributed by atoms with E-state index in [9.17, 15) is 0 Å². The lowest BCUT2D eigenvalue weighted by molar-refractivity contribution is 0.574. The van der Waals surface area contributed by atoms with Gasteiger partial charge in [-0.05, 0) is 49.7 Å². The van der Waals surface area contributed by atoms with Crippen LogP contribution in [0.1, 0.15) is 47.5 Å². The van der Waals surface area contributed by atoms with Crippen molar-refractivity contribution in [1.82, 2.24) is 9.97 Å². The minimum atomic E-state index is 0.820. The summed E-state index contributed by atoms with van der Waals surface area (Å²) in [5.74, 6) is 2.19. The van der Waals surface area contributed by atoms with Crippen LogP contribution in [0.25, 0.3) is 10.2 Å². The van der Waals surface area contributed by atoms with Gasteiger partial charge in [-0.1, -0.05) is 30.3 Å². The standard InChI is InChI=1S/C21H23N3S/c1-3-8-15(9-4-1)14-18-22-20(24-12-5-2-6-13-24)19-16-10-7-11-17(16)25-21(19)23-18/h1,3-4,8-9H,2,5-7,10-14H2. The van der Waals surface area contributed by atoms with Crippen LogP contribution in [0.3, 0.4) is 0 Å². The van der Waals surface area contributed by atoms with Crippen molar-refractivity contribution >= 4 is 27.4 Å². The Morgan fingerprint density at radius 1 is 0.920 bits per heavy atom. The molecule has 128 valence electrons. The van der Waals surface area contributed by atoms with E-state index >= 15 is 0 Å². The largest absolute Gasteiger partial charge is 0.356 e. The van der Waals surface area contributed by atoms with Crippen molar-refractivity contribution in [2.75, 3.05) is 18.0 Å². The summed E-state index contributed by atoms with van der Waals surface area (Å²) in [7, 11) is 0. The zero-order valence-electron chi connectivity index (χ0n) is 14.5. The Hall–Kier alpha value is -1.94. The first-order valence-electron chi connectivity index (χ1n) is 9.48. The first kappa shape index (κ1) is 15.3. The van der Waals surface area contributed by atoms with E-state index in [-0.39, 0.29) is 0 Å². The summed E-state index contributed by atoms with van der Waals surface area (Å²) in [6, 6.07) is 10.6. The third-order valence-corrected chi connectivity index (χ3v) is 6.64. The van der Waals surface area contributed by atoms with E-state index in [0.29, 0.717) is 0 Å². The second kappa shape index (κ2) is 6.41. The van der Waals surface area contributed by atoms with Gasteiger partial charge in [-0.15, -0.1) is 11.3 Å². The number of aromatic nitrogens is 2. The summed E-state index contributed by atoms with van der Waals surface area (Å²) in [5, 5.41) is 1.37.